The number of fused-ring (bicyclic) bond motifs is 3. The molecule has 7 nitrogen and oxygen atoms in total. The first kappa shape index (κ1) is 21.7. The van der Waals surface area contributed by atoms with Crippen molar-refractivity contribution in [2.24, 2.45) is 5.10 Å². The first-order valence-electron chi connectivity index (χ1n) is 10.6. The number of benzene rings is 3. The number of hydrogen-bond donors (Lipinski definition) is 2. The molecule has 1 fully saturated rings. The molecule has 5 rings (SSSR count). The number of rotatable bonds is 4. The molecule has 3 aromatic rings. The SMILES string of the molecule is O=S(=O)(c1ccc(NC(=S)NN=C2c3ccccc3-c3ccccc32)cc1)N1CCOCC1. The smallest absolute Gasteiger partial charge is 0.243 e. The Morgan fingerprint density at radius 3 is 1.97 bits per heavy atom. The summed E-state index contributed by atoms with van der Waals surface area (Å²) >= 11 is 5.41. The van der Waals surface area contributed by atoms with Gasteiger partial charge in [-0.2, -0.15) is 9.41 Å². The van der Waals surface area contributed by atoms with Crippen molar-refractivity contribution >= 4 is 38.8 Å². The summed E-state index contributed by atoms with van der Waals surface area (Å²) in [7, 11) is -3.53. The number of hydrogen-bond acceptors (Lipinski definition) is 5. The number of thiocarbonyl (C=S) groups is 1. The Kier molecular flexibility index (Phi) is 5.94. The van der Waals surface area contributed by atoms with E-state index in [-0.39, 0.29) is 4.90 Å². The first-order chi connectivity index (χ1) is 16.0. The van der Waals surface area contributed by atoms with E-state index >= 15 is 0 Å². The maximum atomic E-state index is 12.8. The third kappa shape index (κ3) is 4.28. The average molecular weight is 479 g/mol. The molecule has 0 bridgehead atoms. The highest BCUT2D eigenvalue weighted by Gasteiger charge is 2.26. The van der Waals surface area contributed by atoms with E-state index in [2.05, 4.69) is 28.0 Å². The van der Waals surface area contributed by atoms with E-state index in [1.54, 1.807) is 24.3 Å². The molecule has 0 unspecified atom stereocenters. The predicted octanol–water partition coefficient (Wildman–Crippen LogP) is 3.43. The summed E-state index contributed by atoms with van der Waals surface area (Å²) in [6.45, 7) is 1.55. The van der Waals surface area contributed by atoms with Gasteiger partial charge in [0.1, 0.15) is 0 Å². The molecule has 2 N–H and O–H groups in total. The van der Waals surface area contributed by atoms with Crippen molar-refractivity contribution in [3.63, 3.8) is 0 Å². The van der Waals surface area contributed by atoms with Crippen molar-refractivity contribution < 1.29 is 13.2 Å². The number of hydrazone groups is 1. The Hall–Kier alpha value is -3.11. The van der Waals surface area contributed by atoms with Crippen LogP contribution in [0, 0.1) is 0 Å². The Balaban J connectivity index is 1.29. The van der Waals surface area contributed by atoms with Gasteiger partial charge < -0.3 is 10.1 Å². The number of morpholine rings is 1. The molecule has 1 aliphatic carbocycles. The number of sulfonamides is 1. The highest BCUT2D eigenvalue weighted by Crippen LogP contribution is 2.36. The van der Waals surface area contributed by atoms with Crippen LogP contribution < -0.4 is 10.7 Å². The lowest BCUT2D eigenvalue weighted by molar-refractivity contribution is 0.0730. The molecule has 33 heavy (non-hydrogen) atoms. The molecule has 1 aliphatic heterocycles. The van der Waals surface area contributed by atoms with E-state index in [9.17, 15) is 8.42 Å². The molecular weight excluding hydrogens is 456 g/mol. The van der Waals surface area contributed by atoms with Gasteiger partial charge in [-0.3, -0.25) is 5.43 Å². The van der Waals surface area contributed by atoms with Crippen LogP contribution in [-0.4, -0.2) is 49.9 Å². The summed E-state index contributed by atoms with van der Waals surface area (Å²) in [6.07, 6.45) is 0. The second kappa shape index (κ2) is 9.03. The molecule has 0 saturated carbocycles. The molecule has 9 heteroatoms. The zero-order valence-electron chi connectivity index (χ0n) is 17.7. The van der Waals surface area contributed by atoms with Crippen LogP contribution in [0.2, 0.25) is 0 Å². The van der Waals surface area contributed by atoms with Crippen LogP contribution in [0.15, 0.2) is 82.8 Å². The van der Waals surface area contributed by atoms with Crippen LogP contribution in [0.3, 0.4) is 0 Å². The topological polar surface area (TPSA) is 83.0 Å². The molecule has 168 valence electrons. The summed E-state index contributed by atoms with van der Waals surface area (Å²) < 4.78 is 32.2. The third-order valence-electron chi connectivity index (χ3n) is 5.64. The Labute approximate surface area is 198 Å². The average Bonchev–Trinajstić information content (AvgIpc) is 3.17. The van der Waals surface area contributed by atoms with E-state index in [1.807, 2.05) is 36.4 Å². The molecule has 1 saturated heterocycles. The lowest BCUT2D eigenvalue weighted by Gasteiger charge is -2.26. The van der Waals surface area contributed by atoms with Gasteiger partial charge in [-0.25, -0.2) is 8.42 Å². The minimum atomic E-state index is -3.53. The third-order valence-corrected chi connectivity index (χ3v) is 7.75. The maximum absolute atomic E-state index is 12.8. The van der Waals surface area contributed by atoms with Gasteiger partial charge in [0.15, 0.2) is 5.11 Å². The molecule has 3 aromatic carbocycles. The summed E-state index contributed by atoms with van der Waals surface area (Å²) in [5, 5.41) is 7.94. The van der Waals surface area contributed by atoms with E-state index < -0.39 is 10.0 Å². The van der Waals surface area contributed by atoms with Gasteiger partial charge >= 0.3 is 0 Å². The zero-order valence-corrected chi connectivity index (χ0v) is 19.3. The van der Waals surface area contributed by atoms with Gasteiger partial charge in [0.25, 0.3) is 0 Å². The summed E-state index contributed by atoms with van der Waals surface area (Å²) in [5.74, 6) is 0. The van der Waals surface area contributed by atoms with Gasteiger partial charge in [0.2, 0.25) is 10.0 Å². The van der Waals surface area contributed by atoms with Crippen molar-refractivity contribution in [1.29, 1.82) is 0 Å². The molecule has 0 radical (unpaired) electrons. The van der Waals surface area contributed by atoms with Gasteiger partial charge in [0.05, 0.1) is 23.8 Å². The first-order valence-corrected chi connectivity index (χ1v) is 12.4. The van der Waals surface area contributed by atoms with Crippen molar-refractivity contribution in [2.75, 3.05) is 31.6 Å². The Morgan fingerprint density at radius 1 is 0.848 bits per heavy atom. The van der Waals surface area contributed by atoms with Crippen molar-refractivity contribution in [2.45, 2.75) is 4.90 Å². The van der Waals surface area contributed by atoms with Gasteiger partial charge in [0, 0.05) is 29.9 Å². The summed E-state index contributed by atoms with van der Waals surface area (Å²) in [5.41, 5.74) is 8.80. The van der Waals surface area contributed by atoms with E-state index in [1.165, 1.54) is 4.31 Å². The van der Waals surface area contributed by atoms with Gasteiger partial charge in [-0.1, -0.05) is 48.5 Å². The largest absolute Gasteiger partial charge is 0.379 e. The fraction of sp³-hybridized carbons (Fsp3) is 0.167. The van der Waals surface area contributed by atoms with E-state index in [0.717, 1.165) is 28.0 Å². The molecule has 0 atom stereocenters. The molecule has 0 amide bonds. The van der Waals surface area contributed by atoms with Crippen LogP contribution in [0.1, 0.15) is 11.1 Å². The van der Waals surface area contributed by atoms with Crippen LogP contribution in [0.25, 0.3) is 11.1 Å². The Morgan fingerprint density at radius 2 is 1.39 bits per heavy atom. The number of nitrogens with zero attached hydrogens (tertiary/aromatic N) is 2. The quantitative estimate of drug-likeness (QED) is 0.346. The molecule has 2 aliphatic rings. The van der Waals surface area contributed by atoms with Crippen LogP contribution in [-0.2, 0) is 14.8 Å². The van der Waals surface area contributed by atoms with Crippen LogP contribution in [0.4, 0.5) is 5.69 Å². The van der Waals surface area contributed by atoms with Gasteiger partial charge in [-0.15, -0.1) is 0 Å². The van der Waals surface area contributed by atoms with Gasteiger partial charge in [-0.05, 0) is 47.6 Å². The molecular formula is C24H22N4O3S2. The number of anilines is 1. The lowest BCUT2D eigenvalue weighted by atomic mass is 10.1. The fourth-order valence-electron chi connectivity index (χ4n) is 4.03. The standard InChI is InChI=1S/C24H22N4O3S2/c29-33(30,28-13-15-31-16-14-28)18-11-9-17(10-12-18)25-24(32)27-26-23-21-7-3-1-5-19(21)20-6-2-4-8-22(20)23/h1-12H,13-16H2,(H2,25,27,32). The Bertz CT molecular complexity index is 1280. The van der Waals surface area contributed by atoms with Crippen LogP contribution in [0.5, 0.6) is 0 Å². The maximum Gasteiger partial charge on any atom is 0.243 e. The van der Waals surface area contributed by atoms with E-state index in [0.29, 0.717) is 37.1 Å². The number of nitrogens with one attached hydrogen (secondary N) is 2. The second-order valence-electron chi connectivity index (χ2n) is 7.66. The van der Waals surface area contributed by atoms with Crippen molar-refractivity contribution in [1.82, 2.24) is 9.73 Å². The molecule has 0 spiro atoms. The second-order valence-corrected chi connectivity index (χ2v) is 10.0. The predicted molar refractivity (Wildman–Crippen MR) is 133 cm³/mol. The van der Waals surface area contributed by atoms with Crippen molar-refractivity contribution in [3.8, 4) is 11.1 Å². The fourth-order valence-corrected chi connectivity index (χ4v) is 5.60. The number of ether oxygens (including phenoxy) is 1. The normalized spacial score (nSPS) is 15.5. The minimum absolute atomic E-state index is 0.244. The molecule has 0 aromatic heterocycles. The monoisotopic (exact) mass is 478 g/mol. The zero-order chi connectivity index (χ0) is 22.8. The van der Waals surface area contributed by atoms with Crippen LogP contribution >= 0.6 is 12.2 Å². The highest BCUT2D eigenvalue weighted by molar-refractivity contribution is 7.89. The van der Waals surface area contributed by atoms with Crippen molar-refractivity contribution in [3.05, 3.63) is 83.9 Å². The lowest BCUT2D eigenvalue weighted by Crippen LogP contribution is -2.40. The molecule has 1 heterocycles. The minimum Gasteiger partial charge on any atom is -0.379 e. The highest BCUT2D eigenvalue weighted by atomic mass is 32.2. The summed E-state index contributed by atoms with van der Waals surface area (Å²) in [6, 6.07) is 22.8. The van der Waals surface area contributed by atoms with E-state index in [4.69, 9.17) is 17.0 Å². The summed E-state index contributed by atoms with van der Waals surface area (Å²) in [4.78, 5) is 0.244.